The van der Waals surface area contributed by atoms with Gasteiger partial charge in [-0.15, -0.1) is 0 Å². The van der Waals surface area contributed by atoms with Gasteiger partial charge < -0.3 is 0 Å². The second-order valence-electron chi connectivity index (χ2n) is 4.84. The van der Waals surface area contributed by atoms with Crippen LogP contribution >= 0.6 is 23.4 Å². The molecule has 0 spiro atoms. The molecule has 0 bridgehead atoms. The fourth-order valence-corrected chi connectivity index (χ4v) is 3.59. The van der Waals surface area contributed by atoms with Gasteiger partial charge in [0.15, 0.2) is 0 Å². The van der Waals surface area contributed by atoms with Crippen molar-refractivity contribution in [3.05, 3.63) is 70.3 Å². The molecule has 0 fully saturated rings. The number of nitrogens with one attached hydrogen (secondary N) is 1. The zero-order valence-corrected chi connectivity index (χ0v) is 12.5. The molecule has 1 aliphatic heterocycles. The summed E-state index contributed by atoms with van der Waals surface area (Å²) in [6.07, 6.45) is 1.76. The van der Waals surface area contributed by atoms with Gasteiger partial charge in [0.2, 0.25) is 0 Å². The van der Waals surface area contributed by atoms with Crippen LogP contribution in [-0.4, -0.2) is 10.0 Å². The highest BCUT2D eigenvalue weighted by Crippen LogP contribution is 2.48. The first-order valence-electron chi connectivity index (χ1n) is 6.26. The van der Waals surface area contributed by atoms with Gasteiger partial charge in [-0.2, -0.15) is 0 Å². The highest BCUT2D eigenvalue weighted by molar-refractivity contribution is 8.17. The number of hydrogen-bond acceptors (Lipinski definition) is 3. The molecule has 1 unspecified atom stereocenters. The first-order chi connectivity index (χ1) is 9.62. The lowest BCUT2D eigenvalue weighted by Crippen LogP contribution is -2.28. The van der Waals surface area contributed by atoms with Crippen LogP contribution in [-0.2, 0) is 5.41 Å². The summed E-state index contributed by atoms with van der Waals surface area (Å²) >= 11 is 7.34. The number of hydrogen-bond donors (Lipinski definition) is 1. The maximum atomic E-state index is 8.32. The van der Waals surface area contributed by atoms with Gasteiger partial charge in [0.25, 0.3) is 0 Å². The van der Waals surface area contributed by atoms with Gasteiger partial charge in [-0.25, -0.2) is 4.98 Å². The smallest absolute Gasteiger partial charge is 0.129 e. The zero-order chi connectivity index (χ0) is 14.2. The van der Waals surface area contributed by atoms with Crippen LogP contribution in [0.1, 0.15) is 18.1 Å². The fraction of sp³-hybridized carbons (Fsp3) is 0.125. The first kappa shape index (κ1) is 13.4. The summed E-state index contributed by atoms with van der Waals surface area (Å²) in [6, 6.07) is 13.9. The van der Waals surface area contributed by atoms with Crippen molar-refractivity contribution in [1.82, 2.24) is 4.98 Å². The molecule has 4 heteroatoms. The van der Waals surface area contributed by atoms with Crippen LogP contribution in [0.4, 0.5) is 0 Å². The Morgan fingerprint density at radius 1 is 1.15 bits per heavy atom. The average Bonchev–Trinajstić information content (AvgIpc) is 2.78. The molecule has 0 amide bonds. The molecule has 3 rings (SSSR count). The van der Waals surface area contributed by atoms with Crippen molar-refractivity contribution in [3.63, 3.8) is 0 Å². The average molecular weight is 301 g/mol. The molecule has 2 nitrogen and oxygen atoms in total. The zero-order valence-electron chi connectivity index (χ0n) is 10.9. The van der Waals surface area contributed by atoms with Crippen molar-refractivity contribution in [3.8, 4) is 0 Å². The van der Waals surface area contributed by atoms with Gasteiger partial charge in [0.1, 0.15) is 5.15 Å². The van der Waals surface area contributed by atoms with Crippen molar-refractivity contribution >= 4 is 34.0 Å². The van der Waals surface area contributed by atoms with Crippen LogP contribution in [0.5, 0.6) is 0 Å². The molecule has 0 radical (unpaired) electrons. The van der Waals surface area contributed by atoms with Crippen LogP contribution in [0.15, 0.2) is 54.1 Å². The highest BCUT2D eigenvalue weighted by Gasteiger charge is 2.40. The van der Waals surface area contributed by atoms with Crippen LogP contribution < -0.4 is 0 Å². The van der Waals surface area contributed by atoms with Crippen molar-refractivity contribution in [1.29, 1.82) is 5.41 Å². The Morgan fingerprint density at radius 3 is 2.55 bits per heavy atom. The van der Waals surface area contributed by atoms with Crippen LogP contribution in [0.25, 0.3) is 5.57 Å². The SMILES string of the molecule is CC1(c2ccc(Cl)nc2)C(=N)SC=C1c1ccccc1. The molecule has 1 aromatic heterocycles. The molecule has 2 heterocycles. The van der Waals surface area contributed by atoms with E-state index >= 15 is 0 Å². The van der Waals surface area contributed by atoms with Gasteiger partial charge in [-0.05, 0) is 35.1 Å². The van der Waals surface area contributed by atoms with Gasteiger partial charge in [-0.3, -0.25) is 5.41 Å². The Morgan fingerprint density at radius 2 is 1.90 bits per heavy atom. The van der Waals surface area contributed by atoms with Crippen molar-refractivity contribution in [2.75, 3.05) is 0 Å². The number of allylic oxidation sites excluding steroid dienone is 1. The standard InChI is InChI=1S/C16H13ClN2S/c1-16(12-7-8-14(17)19-9-12)13(10-20-15(16)18)11-5-3-2-4-6-11/h2-10,18H,1H3. The van der Waals surface area contributed by atoms with E-state index in [0.717, 1.165) is 16.7 Å². The Labute approximate surface area is 127 Å². The van der Waals surface area contributed by atoms with Gasteiger partial charge >= 0.3 is 0 Å². The molecule has 0 saturated carbocycles. The number of pyridine rings is 1. The first-order valence-corrected chi connectivity index (χ1v) is 7.52. The molecule has 0 saturated heterocycles. The van der Waals surface area contributed by atoms with E-state index in [9.17, 15) is 0 Å². The second kappa shape index (κ2) is 5.08. The van der Waals surface area contributed by atoms with Crippen molar-refractivity contribution < 1.29 is 0 Å². The number of benzene rings is 1. The van der Waals surface area contributed by atoms with E-state index in [1.54, 1.807) is 12.3 Å². The minimum atomic E-state index is -0.455. The number of aromatic nitrogens is 1. The number of rotatable bonds is 2. The van der Waals surface area contributed by atoms with E-state index in [2.05, 4.69) is 29.4 Å². The highest BCUT2D eigenvalue weighted by atomic mass is 35.5. The predicted octanol–water partition coefficient (Wildman–Crippen LogP) is 4.76. The van der Waals surface area contributed by atoms with Gasteiger partial charge in [0.05, 0.1) is 10.5 Å². The monoisotopic (exact) mass is 300 g/mol. The summed E-state index contributed by atoms with van der Waals surface area (Å²) in [6.45, 7) is 2.07. The maximum absolute atomic E-state index is 8.32. The molecular weight excluding hydrogens is 288 g/mol. The quantitative estimate of drug-likeness (QED) is 0.812. The summed E-state index contributed by atoms with van der Waals surface area (Å²) < 4.78 is 0. The van der Waals surface area contributed by atoms with E-state index in [-0.39, 0.29) is 0 Å². The van der Waals surface area contributed by atoms with Gasteiger partial charge in [0, 0.05) is 6.20 Å². The molecule has 100 valence electrons. The topological polar surface area (TPSA) is 36.7 Å². The fourth-order valence-electron chi connectivity index (χ4n) is 2.41. The molecule has 1 atom stereocenters. The largest absolute Gasteiger partial charge is 0.297 e. The minimum absolute atomic E-state index is 0.455. The normalized spacial score (nSPS) is 21.9. The molecule has 1 aromatic carbocycles. The summed E-state index contributed by atoms with van der Waals surface area (Å²) in [4.78, 5) is 4.16. The lowest BCUT2D eigenvalue weighted by Gasteiger charge is -2.28. The van der Waals surface area contributed by atoms with E-state index in [0.29, 0.717) is 10.2 Å². The third-order valence-corrected chi connectivity index (χ3v) is 4.90. The van der Waals surface area contributed by atoms with Crippen molar-refractivity contribution in [2.24, 2.45) is 0 Å². The van der Waals surface area contributed by atoms with Crippen LogP contribution in [0.3, 0.4) is 0 Å². The summed E-state index contributed by atoms with van der Waals surface area (Å²) in [7, 11) is 0. The molecule has 0 aliphatic carbocycles. The Bertz CT molecular complexity index is 679. The van der Waals surface area contributed by atoms with E-state index in [4.69, 9.17) is 17.0 Å². The third kappa shape index (κ3) is 2.07. The number of nitrogens with zero attached hydrogens (tertiary/aromatic N) is 1. The summed E-state index contributed by atoms with van der Waals surface area (Å²) in [5, 5.41) is 11.5. The number of thioether (sulfide) groups is 1. The maximum Gasteiger partial charge on any atom is 0.129 e. The summed E-state index contributed by atoms with van der Waals surface area (Å²) in [5.41, 5.74) is 2.81. The molecule has 1 aliphatic rings. The Kier molecular flexibility index (Phi) is 3.40. The molecular formula is C16H13ClN2S. The Hall–Kier alpha value is -1.58. The van der Waals surface area contributed by atoms with Crippen molar-refractivity contribution in [2.45, 2.75) is 12.3 Å². The van der Waals surface area contributed by atoms with E-state index in [1.807, 2.05) is 24.3 Å². The van der Waals surface area contributed by atoms with Crippen LogP contribution in [0, 0.1) is 5.41 Å². The minimum Gasteiger partial charge on any atom is -0.297 e. The summed E-state index contributed by atoms with van der Waals surface area (Å²) in [5.74, 6) is 0. The van der Waals surface area contributed by atoms with Gasteiger partial charge in [-0.1, -0.05) is 59.8 Å². The lowest BCUT2D eigenvalue weighted by atomic mass is 9.75. The van der Waals surface area contributed by atoms with Crippen LogP contribution in [0.2, 0.25) is 5.15 Å². The molecule has 2 aromatic rings. The van der Waals surface area contributed by atoms with E-state index < -0.39 is 5.41 Å². The molecule has 20 heavy (non-hydrogen) atoms. The second-order valence-corrected chi connectivity index (χ2v) is 6.11. The number of halogens is 1. The predicted molar refractivity (Wildman–Crippen MR) is 86.3 cm³/mol. The lowest BCUT2D eigenvalue weighted by molar-refractivity contribution is 0.837. The third-order valence-electron chi connectivity index (χ3n) is 3.68. The van der Waals surface area contributed by atoms with E-state index in [1.165, 1.54) is 11.8 Å². The molecule has 1 N–H and O–H groups in total. The Balaban J connectivity index is 2.12.